The van der Waals surface area contributed by atoms with E-state index in [1.54, 1.807) is 18.0 Å². The Labute approximate surface area is 157 Å². The van der Waals surface area contributed by atoms with E-state index in [-0.39, 0.29) is 5.91 Å². The number of carbonyl (C=O) groups is 1. The number of thioether (sulfide) groups is 1. The molecule has 1 aliphatic rings. The summed E-state index contributed by atoms with van der Waals surface area (Å²) in [5.74, 6) is 0.443. The van der Waals surface area contributed by atoms with Crippen LogP contribution in [0, 0.1) is 0 Å². The van der Waals surface area contributed by atoms with E-state index in [1.807, 2.05) is 30.3 Å². The third-order valence-corrected chi connectivity index (χ3v) is 5.82. The molecule has 0 spiro atoms. The summed E-state index contributed by atoms with van der Waals surface area (Å²) in [5, 5.41) is 4.12. The number of hydrogen-bond acceptors (Lipinski definition) is 4. The highest BCUT2D eigenvalue weighted by atomic mass is 32.2. The van der Waals surface area contributed by atoms with Gasteiger partial charge in [0, 0.05) is 22.2 Å². The molecule has 2 heterocycles. The molecule has 1 amide bonds. The summed E-state index contributed by atoms with van der Waals surface area (Å²) in [4.78, 5) is 22.6. The molecule has 0 aliphatic heterocycles. The third kappa shape index (κ3) is 3.73. The monoisotopic (exact) mass is 363 g/mol. The highest BCUT2D eigenvalue weighted by molar-refractivity contribution is 8.00. The lowest BCUT2D eigenvalue weighted by Crippen LogP contribution is -2.25. The summed E-state index contributed by atoms with van der Waals surface area (Å²) in [6, 6.07) is 14.0. The number of para-hydroxylation sites is 1. The van der Waals surface area contributed by atoms with E-state index >= 15 is 0 Å². The number of fused-ring (bicyclic) bond motifs is 2. The summed E-state index contributed by atoms with van der Waals surface area (Å²) >= 11 is 1.64. The fraction of sp³-hybridized carbons (Fsp3) is 0.286. The number of nitrogens with one attached hydrogen (secondary N) is 1. The number of rotatable bonds is 5. The van der Waals surface area contributed by atoms with E-state index < -0.39 is 0 Å². The van der Waals surface area contributed by atoms with Crippen molar-refractivity contribution in [3.05, 3.63) is 65.6 Å². The Bertz CT molecular complexity index is 927. The molecule has 1 N–H and O–H groups in total. The van der Waals surface area contributed by atoms with E-state index in [1.165, 1.54) is 29.0 Å². The minimum Gasteiger partial charge on any atom is -0.350 e. The van der Waals surface area contributed by atoms with Gasteiger partial charge in [-0.3, -0.25) is 14.8 Å². The van der Waals surface area contributed by atoms with Crippen LogP contribution in [0.5, 0.6) is 0 Å². The number of benzene rings is 1. The van der Waals surface area contributed by atoms with Crippen LogP contribution >= 0.6 is 11.8 Å². The van der Waals surface area contributed by atoms with E-state index in [4.69, 9.17) is 4.98 Å². The molecule has 0 saturated carbocycles. The van der Waals surface area contributed by atoms with Crippen LogP contribution in [0.15, 0.2) is 53.6 Å². The van der Waals surface area contributed by atoms with Gasteiger partial charge >= 0.3 is 0 Å². The molecule has 5 heteroatoms. The van der Waals surface area contributed by atoms with E-state index in [0.717, 1.165) is 29.4 Å². The Morgan fingerprint density at radius 2 is 1.92 bits per heavy atom. The zero-order valence-corrected chi connectivity index (χ0v) is 15.4. The Balaban J connectivity index is 1.50. The van der Waals surface area contributed by atoms with Crippen molar-refractivity contribution in [2.75, 3.05) is 5.75 Å². The van der Waals surface area contributed by atoms with Crippen molar-refractivity contribution in [1.82, 2.24) is 15.3 Å². The SMILES string of the molecule is O=C(CSc1c2c(nc3ccccc13)CCCC2)NCc1ccccn1. The molecule has 2 aromatic heterocycles. The number of aromatic nitrogens is 2. The maximum atomic E-state index is 12.3. The summed E-state index contributed by atoms with van der Waals surface area (Å²) < 4.78 is 0. The second kappa shape index (κ2) is 7.87. The number of nitrogens with zero attached hydrogens (tertiary/aromatic N) is 2. The Morgan fingerprint density at radius 3 is 2.81 bits per heavy atom. The van der Waals surface area contributed by atoms with Gasteiger partial charge in [-0.2, -0.15) is 0 Å². The average Bonchev–Trinajstić information content (AvgIpc) is 2.70. The predicted octanol–water partition coefficient (Wildman–Crippen LogP) is 3.92. The lowest BCUT2D eigenvalue weighted by Gasteiger charge is -2.20. The Hall–Kier alpha value is -2.40. The molecule has 1 aliphatic carbocycles. The van der Waals surface area contributed by atoms with Crippen LogP contribution in [0.25, 0.3) is 10.9 Å². The largest absolute Gasteiger partial charge is 0.350 e. The summed E-state index contributed by atoms with van der Waals surface area (Å²) in [6.45, 7) is 0.468. The van der Waals surface area contributed by atoms with Gasteiger partial charge in [0.1, 0.15) is 0 Å². The molecule has 26 heavy (non-hydrogen) atoms. The van der Waals surface area contributed by atoms with Crippen LogP contribution in [0.2, 0.25) is 0 Å². The first kappa shape index (κ1) is 17.0. The van der Waals surface area contributed by atoms with Gasteiger partial charge in [0.15, 0.2) is 0 Å². The van der Waals surface area contributed by atoms with Crippen molar-refractivity contribution in [2.24, 2.45) is 0 Å². The fourth-order valence-electron chi connectivity index (χ4n) is 3.37. The highest BCUT2D eigenvalue weighted by Crippen LogP contribution is 2.35. The van der Waals surface area contributed by atoms with Crippen molar-refractivity contribution in [1.29, 1.82) is 0 Å². The van der Waals surface area contributed by atoms with Crippen molar-refractivity contribution >= 4 is 28.6 Å². The molecule has 0 radical (unpaired) electrons. The number of amides is 1. The quantitative estimate of drug-likeness (QED) is 0.698. The molecule has 1 aromatic carbocycles. The number of aryl methyl sites for hydroxylation is 1. The summed E-state index contributed by atoms with van der Waals surface area (Å²) in [5.41, 5.74) is 4.46. The zero-order valence-electron chi connectivity index (χ0n) is 14.6. The molecular weight excluding hydrogens is 342 g/mol. The molecular formula is C21H21N3OS. The van der Waals surface area contributed by atoms with E-state index in [0.29, 0.717) is 12.3 Å². The first-order valence-corrected chi connectivity index (χ1v) is 10.00. The molecule has 0 saturated heterocycles. The van der Waals surface area contributed by atoms with Gasteiger partial charge in [-0.1, -0.05) is 24.3 Å². The van der Waals surface area contributed by atoms with Gasteiger partial charge < -0.3 is 5.32 Å². The van der Waals surface area contributed by atoms with E-state index in [9.17, 15) is 4.79 Å². The van der Waals surface area contributed by atoms with Crippen molar-refractivity contribution < 1.29 is 4.79 Å². The van der Waals surface area contributed by atoms with Crippen molar-refractivity contribution in [2.45, 2.75) is 37.1 Å². The first-order valence-electron chi connectivity index (χ1n) is 9.01. The van der Waals surface area contributed by atoms with Crippen LogP contribution in [-0.4, -0.2) is 21.6 Å². The molecule has 4 nitrogen and oxygen atoms in total. The molecule has 0 fully saturated rings. The number of carbonyl (C=O) groups excluding carboxylic acids is 1. The van der Waals surface area contributed by atoms with Gasteiger partial charge in [0.05, 0.1) is 23.5 Å². The predicted molar refractivity (Wildman–Crippen MR) is 105 cm³/mol. The topological polar surface area (TPSA) is 54.9 Å². The Morgan fingerprint density at radius 1 is 1.08 bits per heavy atom. The van der Waals surface area contributed by atoms with Gasteiger partial charge in [-0.05, 0) is 49.4 Å². The molecule has 0 atom stereocenters. The fourth-order valence-corrected chi connectivity index (χ4v) is 4.47. The lowest BCUT2D eigenvalue weighted by atomic mass is 9.94. The zero-order chi connectivity index (χ0) is 17.8. The normalized spacial score (nSPS) is 13.4. The molecule has 3 aromatic rings. The number of hydrogen-bond donors (Lipinski definition) is 1. The van der Waals surface area contributed by atoms with Crippen LogP contribution in [0.3, 0.4) is 0 Å². The van der Waals surface area contributed by atoms with Gasteiger partial charge in [-0.25, -0.2) is 0 Å². The third-order valence-electron chi connectivity index (χ3n) is 4.66. The van der Waals surface area contributed by atoms with Gasteiger partial charge in [0.25, 0.3) is 0 Å². The highest BCUT2D eigenvalue weighted by Gasteiger charge is 2.19. The minimum atomic E-state index is 0.0334. The van der Waals surface area contributed by atoms with Gasteiger partial charge in [-0.15, -0.1) is 11.8 Å². The van der Waals surface area contributed by atoms with Crippen LogP contribution in [0.1, 0.15) is 29.8 Å². The van der Waals surface area contributed by atoms with Gasteiger partial charge in [0.2, 0.25) is 5.91 Å². The summed E-state index contributed by atoms with van der Waals surface area (Å²) in [6.07, 6.45) is 6.25. The maximum Gasteiger partial charge on any atom is 0.230 e. The second-order valence-corrected chi connectivity index (χ2v) is 7.46. The molecule has 0 unspecified atom stereocenters. The maximum absolute atomic E-state index is 12.3. The average molecular weight is 363 g/mol. The number of pyridine rings is 2. The standard InChI is InChI=1S/C21H21N3OS/c25-20(23-13-15-7-5-6-12-22-15)14-26-21-16-8-1-3-10-18(16)24-19-11-4-2-9-17(19)21/h1,3,5-8,10,12H,2,4,9,11,13-14H2,(H,23,25). The lowest BCUT2D eigenvalue weighted by molar-refractivity contribution is -0.118. The van der Waals surface area contributed by atoms with Crippen molar-refractivity contribution in [3.63, 3.8) is 0 Å². The molecule has 0 bridgehead atoms. The van der Waals surface area contributed by atoms with E-state index in [2.05, 4.69) is 22.4 Å². The Kier molecular flexibility index (Phi) is 5.16. The molecule has 132 valence electrons. The van der Waals surface area contributed by atoms with Crippen LogP contribution in [-0.2, 0) is 24.2 Å². The smallest absolute Gasteiger partial charge is 0.230 e. The molecule has 4 rings (SSSR count). The van der Waals surface area contributed by atoms with Crippen molar-refractivity contribution in [3.8, 4) is 0 Å². The van der Waals surface area contributed by atoms with Crippen LogP contribution < -0.4 is 5.32 Å². The first-order chi connectivity index (χ1) is 12.8. The summed E-state index contributed by atoms with van der Waals surface area (Å²) in [7, 11) is 0. The minimum absolute atomic E-state index is 0.0334. The van der Waals surface area contributed by atoms with Crippen LogP contribution in [0.4, 0.5) is 0 Å². The second-order valence-electron chi connectivity index (χ2n) is 6.48.